The third kappa shape index (κ3) is 3.91. The van der Waals surface area contributed by atoms with E-state index < -0.39 is 0 Å². The lowest BCUT2D eigenvalue weighted by Crippen LogP contribution is -2.30. The van der Waals surface area contributed by atoms with Crippen LogP contribution in [0.25, 0.3) is 0 Å². The quantitative estimate of drug-likeness (QED) is 0.892. The van der Waals surface area contributed by atoms with Crippen LogP contribution in [0.3, 0.4) is 0 Å². The summed E-state index contributed by atoms with van der Waals surface area (Å²) in [7, 11) is 0. The standard InChI is InChI=1S/C15H22ClFN2/c1-11(2)19-7-6-12(10-19)8-18-9-13-4-3-5-14(17)15(13)16/h3-5,11-12,18H,6-10H2,1-2H3. The van der Waals surface area contributed by atoms with Crippen LogP contribution in [0.5, 0.6) is 0 Å². The third-order valence-electron chi connectivity index (χ3n) is 3.83. The summed E-state index contributed by atoms with van der Waals surface area (Å²) in [5, 5.41) is 3.63. The number of nitrogens with one attached hydrogen (secondary N) is 1. The number of rotatable bonds is 5. The van der Waals surface area contributed by atoms with Crippen LogP contribution < -0.4 is 5.32 Å². The molecule has 1 atom stereocenters. The molecule has 0 aromatic heterocycles. The second kappa shape index (κ2) is 6.69. The molecular formula is C15H22ClFN2. The minimum atomic E-state index is -0.340. The molecule has 1 aromatic carbocycles. The Morgan fingerprint density at radius 2 is 2.26 bits per heavy atom. The number of likely N-dealkylation sites (tertiary alicyclic amines) is 1. The summed E-state index contributed by atoms with van der Waals surface area (Å²) in [5.74, 6) is 0.350. The molecule has 0 radical (unpaired) electrons. The summed E-state index contributed by atoms with van der Waals surface area (Å²) in [6.45, 7) is 8.42. The molecular weight excluding hydrogens is 263 g/mol. The number of halogens is 2. The van der Waals surface area contributed by atoms with E-state index in [4.69, 9.17) is 11.6 Å². The van der Waals surface area contributed by atoms with Gasteiger partial charge in [-0.25, -0.2) is 4.39 Å². The lowest BCUT2D eigenvalue weighted by molar-refractivity contribution is 0.264. The van der Waals surface area contributed by atoms with Crippen molar-refractivity contribution in [3.05, 3.63) is 34.6 Å². The first-order valence-electron chi connectivity index (χ1n) is 6.95. The van der Waals surface area contributed by atoms with Crippen molar-refractivity contribution in [3.8, 4) is 0 Å². The van der Waals surface area contributed by atoms with Gasteiger partial charge < -0.3 is 10.2 Å². The molecule has 2 nitrogen and oxygen atoms in total. The highest BCUT2D eigenvalue weighted by molar-refractivity contribution is 6.31. The van der Waals surface area contributed by atoms with E-state index in [1.165, 1.54) is 19.0 Å². The van der Waals surface area contributed by atoms with Gasteiger partial charge in [-0.05, 0) is 50.9 Å². The van der Waals surface area contributed by atoms with Gasteiger partial charge in [-0.15, -0.1) is 0 Å². The van der Waals surface area contributed by atoms with Crippen LogP contribution in [-0.4, -0.2) is 30.6 Å². The molecule has 0 amide bonds. The van der Waals surface area contributed by atoms with E-state index in [9.17, 15) is 4.39 Å². The molecule has 1 aliphatic heterocycles. The first-order chi connectivity index (χ1) is 9.08. The number of benzene rings is 1. The zero-order valence-electron chi connectivity index (χ0n) is 11.6. The highest BCUT2D eigenvalue weighted by Crippen LogP contribution is 2.20. The molecule has 0 saturated carbocycles. The van der Waals surface area contributed by atoms with Crippen molar-refractivity contribution in [1.29, 1.82) is 0 Å². The van der Waals surface area contributed by atoms with Crippen molar-refractivity contribution in [2.45, 2.75) is 32.9 Å². The van der Waals surface area contributed by atoms with E-state index in [1.54, 1.807) is 6.07 Å². The van der Waals surface area contributed by atoms with Crippen LogP contribution in [-0.2, 0) is 6.54 Å². The zero-order chi connectivity index (χ0) is 13.8. The summed E-state index contributed by atoms with van der Waals surface area (Å²) in [6, 6.07) is 5.59. The maximum atomic E-state index is 13.3. The predicted octanol–water partition coefficient (Wildman–Crippen LogP) is 3.30. The summed E-state index contributed by atoms with van der Waals surface area (Å²) < 4.78 is 13.3. The number of hydrogen-bond acceptors (Lipinski definition) is 2. The molecule has 1 aliphatic rings. The molecule has 0 spiro atoms. The molecule has 0 aliphatic carbocycles. The lowest BCUT2D eigenvalue weighted by atomic mass is 10.1. The third-order valence-corrected chi connectivity index (χ3v) is 4.25. The summed E-state index contributed by atoms with van der Waals surface area (Å²) >= 11 is 5.93. The van der Waals surface area contributed by atoms with Crippen molar-refractivity contribution < 1.29 is 4.39 Å². The van der Waals surface area contributed by atoms with Crippen molar-refractivity contribution in [2.75, 3.05) is 19.6 Å². The van der Waals surface area contributed by atoms with Gasteiger partial charge in [0.25, 0.3) is 0 Å². The summed E-state index contributed by atoms with van der Waals surface area (Å²) in [5.41, 5.74) is 0.834. The molecule has 106 valence electrons. The minimum absolute atomic E-state index is 0.241. The maximum absolute atomic E-state index is 13.3. The molecule has 2 rings (SSSR count). The van der Waals surface area contributed by atoms with Gasteiger partial charge in [0.05, 0.1) is 5.02 Å². The predicted molar refractivity (Wildman–Crippen MR) is 77.9 cm³/mol. The van der Waals surface area contributed by atoms with Gasteiger partial charge in [0, 0.05) is 19.1 Å². The average Bonchev–Trinajstić information content (AvgIpc) is 2.83. The monoisotopic (exact) mass is 284 g/mol. The minimum Gasteiger partial charge on any atom is -0.312 e. The molecule has 0 bridgehead atoms. The fourth-order valence-electron chi connectivity index (χ4n) is 2.59. The van der Waals surface area contributed by atoms with E-state index in [0.717, 1.165) is 18.7 Å². The Kier molecular flexibility index (Phi) is 5.20. The highest BCUT2D eigenvalue weighted by Gasteiger charge is 2.23. The normalized spacial score (nSPS) is 20.4. The Hall–Kier alpha value is -0.640. The maximum Gasteiger partial charge on any atom is 0.142 e. The van der Waals surface area contributed by atoms with Crippen molar-refractivity contribution in [3.63, 3.8) is 0 Å². The topological polar surface area (TPSA) is 15.3 Å². The van der Waals surface area contributed by atoms with E-state index in [2.05, 4.69) is 24.1 Å². The molecule has 1 unspecified atom stereocenters. The smallest absolute Gasteiger partial charge is 0.142 e. The highest BCUT2D eigenvalue weighted by atomic mass is 35.5. The van der Waals surface area contributed by atoms with Crippen LogP contribution in [0.15, 0.2) is 18.2 Å². The Bertz CT molecular complexity index is 423. The van der Waals surface area contributed by atoms with E-state index in [1.807, 2.05) is 6.07 Å². The van der Waals surface area contributed by atoms with Gasteiger partial charge in [-0.2, -0.15) is 0 Å². The second-order valence-corrected chi connectivity index (χ2v) is 5.97. The fraction of sp³-hybridized carbons (Fsp3) is 0.600. The molecule has 1 heterocycles. The molecule has 1 saturated heterocycles. The molecule has 19 heavy (non-hydrogen) atoms. The van der Waals surface area contributed by atoms with Crippen molar-refractivity contribution >= 4 is 11.6 Å². The van der Waals surface area contributed by atoms with Crippen LogP contribution in [0.1, 0.15) is 25.8 Å². The van der Waals surface area contributed by atoms with Gasteiger partial charge in [0.2, 0.25) is 0 Å². The lowest BCUT2D eigenvalue weighted by Gasteiger charge is -2.20. The van der Waals surface area contributed by atoms with Crippen molar-refractivity contribution in [2.24, 2.45) is 5.92 Å². The largest absolute Gasteiger partial charge is 0.312 e. The van der Waals surface area contributed by atoms with Gasteiger partial charge in [-0.1, -0.05) is 23.7 Å². The van der Waals surface area contributed by atoms with Gasteiger partial charge in [0.1, 0.15) is 5.82 Å². The molecule has 1 fully saturated rings. The Morgan fingerprint density at radius 1 is 1.47 bits per heavy atom. The Balaban J connectivity index is 1.77. The summed E-state index contributed by atoms with van der Waals surface area (Å²) in [6.07, 6.45) is 1.24. The zero-order valence-corrected chi connectivity index (χ0v) is 12.4. The van der Waals surface area contributed by atoms with Crippen LogP contribution >= 0.6 is 11.6 Å². The average molecular weight is 285 g/mol. The second-order valence-electron chi connectivity index (χ2n) is 5.59. The number of nitrogens with zero attached hydrogens (tertiary/aromatic N) is 1. The van der Waals surface area contributed by atoms with Crippen LogP contribution in [0.2, 0.25) is 5.02 Å². The SMILES string of the molecule is CC(C)N1CCC(CNCc2cccc(F)c2Cl)C1. The van der Waals surface area contributed by atoms with Crippen LogP contribution in [0.4, 0.5) is 4.39 Å². The van der Waals surface area contributed by atoms with Crippen molar-refractivity contribution in [1.82, 2.24) is 10.2 Å². The van der Waals surface area contributed by atoms with E-state index >= 15 is 0 Å². The number of hydrogen-bond donors (Lipinski definition) is 1. The first-order valence-corrected chi connectivity index (χ1v) is 7.33. The van der Waals surface area contributed by atoms with E-state index in [-0.39, 0.29) is 10.8 Å². The molecule has 1 N–H and O–H groups in total. The van der Waals surface area contributed by atoms with E-state index in [0.29, 0.717) is 18.5 Å². The molecule has 4 heteroatoms. The fourth-order valence-corrected chi connectivity index (χ4v) is 2.79. The van der Waals surface area contributed by atoms with Gasteiger partial charge in [-0.3, -0.25) is 0 Å². The molecule has 1 aromatic rings. The Labute approximate surface area is 119 Å². The van der Waals surface area contributed by atoms with Gasteiger partial charge in [0.15, 0.2) is 0 Å². The first kappa shape index (κ1) is 14.8. The Morgan fingerprint density at radius 3 is 2.95 bits per heavy atom. The van der Waals surface area contributed by atoms with Crippen LogP contribution in [0, 0.1) is 11.7 Å². The van der Waals surface area contributed by atoms with Gasteiger partial charge >= 0.3 is 0 Å². The summed E-state index contributed by atoms with van der Waals surface area (Å²) in [4.78, 5) is 2.50.